The summed E-state index contributed by atoms with van der Waals surface area (Å²) < 4.78 is 7.69. The molecule has 8 nitrogen and oxygen atoms in total. The molecule has 0 spiro atoms. The van der Waals surface area contributed by atoms with Crippen molar-refractivity contribution in [3.05, 3.63) is 25.3 Å². The molecule has 9 heteroatoms. The molecule has 0 amide bonds. The van der Waals surface area contributed by atoms with Gasteiger partial charge in [0, 0.05) is 0 Å². The number of aliphatic hydroxyl groups excluding tert-OH is 2. The maximum atomic E-state index is 10.3. The van der Waals surface area contributed by atoms with Gasteiger partial charge in [-0.25, -0.2) is 0 Å². The van der Waals surface area contributed by atoms with Gasteiger partial charge in [-0.15, -0.1) is 0 Å². The topological polar surface area (TPSA) is 119 Å². The minimum absolute atomic E-state index is 0.270. The standard InChI is InChI=1S/C13H16N5O3Se/c1-2-3-13(10(22)9(20)7(4-19)21-13)18-6-17-8-11(14)15-5-16-12(8)18/h2,5-7,9-10,19-20H,1,3-4H2,(H2,14,15,16)/t7-,9-,10-,13-/m1/s1. The van der Waals surface area contributed by atoms with E-state index in [-0.39, 0.29) is 12.4 Å². The van der Waals surface area contributed by atoms with Gasteiger partial charge in [0.25, 0.3) is 0 Å². The van der Waals surface area contributed by atoms with E-state index < -0.39 is 22.7 Å². The normalized spacial score (nSPS) is 31.7. The van der Waals surface area contributed by atoms with Gasteiger partial charge in [-0.1, -0.05) is 0 Å². The van der Waals surface area contributed by atoms with Crippen molar-refractivity contribution in [2.45, 2.75) is 29.2 Å². The van der Waals surface area contributed by atoms with Gasteiger partial charge in [0.05, 0.1) is 0 Å². The summed E-state index contributed by atoms with van der Waals surface area (Å²) in [7, 11) is 0. The van der Waals surface area contributed by atoms with Crippen molar-refractivity contribution >= 4 is 33.0 Å². The number of imidazole rings is 1. The molecule has 1 aliphatic heterocycles. The van der Waals surface area contributed by atoms with E-state index in [1.165, 1.54) is 6.33 Å². The van der Waals surface area contributed by atoms with E-state index >= 15 is 0 Å². The number of aliphatic hydroxyl groups is 2. The van der Waals surface area contributed by atoms with Gasteiger partial charge >= 0.3 is 134 Å². The Kier molecular flexibility index (Phi) is 3.92. The van der Waals surface area contributed by atoms with Crippen LogP contribution in [0.5, 0.6) is 0 Å². The number of ether oxygens (including phenoxy) is 1. The van der Waals surface area contributed by atoms with E-state index in [9.17, 15) is 10.2 Å². The van der Waals surface area contributed by atoms with Gasteiger partial charge in [0.15, 0.2) is 0 Å². The van der Waals surface area contributed by atoms with Gasteiger partial charge in [-0.3, -0.25) is 0 Å². The fourth-order valence-electron chi connectivity index (χ4n) is 2.80. The summed E-state index contributed by atoms with van der Waals surface area (Å²) in [5.74, 6) is 0.270. The zero-order valence-corrected chi connectivity index (χ0v) is 13.4. The zero-order valence-electron chi connectivity index (χ0n) is 11.7. The number of hydrogen-bond acceptors (Lipinski definition) is 7. The fraction of sp³-hybridized carbons (Fsp3) is 0.462. The predicted octanol–water partition coefficient (Wildman–Crippen LogP) is -0.654. The molecule has 0 aromatic carbocycles. The molecule has 0 aliphatic carbocycles. The van der Waals surface area contributed by atoms with Crippen molar-refractivity contribution in [2.75, 3.05) is 12.3 Å². The summed E-state index contributed by atoms with van der Waals surface area (Å²) >= 11 is 2.94. The first-order valence-corrected chi connectivity index (χ1v) is 7.71. The van der Waals surface area contributed by atoms with Crippen LogP contribution in [-0.4, -0.2) is 64.6 Å². The van der Waals surface area contributed by atoms with Crippen molar-refractivity contribution in [3.63, 3.8) is 0 Å². The molecule has 2 aromatic heterocycles. The summed E-state index contributed by atoms with van der Waals surface area (Å²) in [6.07, 6.45) is 3.42. The van der Waals surface area contributed by atoms with E-state index in [0.717, 1.165) is 0 Å². The van der Waals surface area contributed by atoms with Crippen LogP contribution in [0.25, 0.3) is 11.2 Å². The first-order valence-electron chi connectivity index (χ1n) is 6.72. The monoisotopic (exact) mass is 370 g/mol. The second-order valence-electron chi connectivity index (χ2n) is 5.13. The summed E-state index contributed by atoms with van der Waals surface area (Å²) in [6.45, 7) is 3.47. The predicted molar refractivity (Wildman–Crippen MR) is 80.0 cm³/mol. The van der Waals surface area contributed by atoms with Crippen LogP contribution in [0.1, 0.15) is 6.42 Å². The van der Waals surface area contributed by atoms with Crippen LogP contribution >= 0.6 is 0 Å². The van der Waals surface area contributed by atoms with Crippen LogP contribution in [0.4, 0.5) is 5.82 Å². The van der Waals surface area contributed by atoms with E-state index in [0.29, 0.717) is 17.6 Å². The molecule has 0 saturated carbocycles. The third-order valence-electron chi connectivity index (χ3n) is 3.88. The maximum absolute atomic E-state index is 10.3. The Labute approximate surface area is 134 Å². The number of hydrogen-bond donors (Lipinski definition) is 3. The second kappa shape index (κ2) is 5.60. The Balaban J connectivity index is 2.19. The Hall–Kier alpha value is -1.51. The zero-order chi connectivity index (χ0) is 15.9. The van der Waals surface area contributed by atoms with Crippen LogP contribution in [0.15, 0.2) is 25.3 Å². The molecule has 0 unspecified atom stereocenters. The molecular weight excluding hydrogens is 353 g/mol. The van der Waals surface area contributed by atoms with Crippen LogP contribution in [0, 0.1) is 0 Å². The van der Waals surface area contributed by atoms with E-state index in [1.54, 1.807) is 17.0 Å². The van der Waals surface area contributed by atoms with Crippen LogP contribution in [-0.2, 0) is 10.5 Å². The van der Waals surface area contributed by atoms with Gasteiger partial charge in [0.1, 0.15) is 0 Å². The van der Waals surface area contributed by atoms with Crippen molar-refractivity contribution in [3.8, 4) is 0 Å². The van der Waals surface area contributed by atoms with E-state index in [4.69, 9.17) is 10.5 Å². The Morgan fingerprint density at radius 1 is 1.50 bits per heavy atom. The van der Waals surface area contributed by atoms with Crippen molar-refractivity contribution < 1.29 is 14.9 Å². The Morgan fingerprint density at radius 2 is 2.27 bits per heavy atom. The molecule has 4 atom stereocenters. The summed E-state index contributed by atoms with van der Waals surface area (Å²) in [5.41, 5.74) is 5.80. The number of nitrogens with zero attached hydrogens (tertiary/aromatic N) is 4. The quantitative estimate of drug-likeness (QED) is 0.484. The SMILES string of the molecule is C=CC[C@@]1(n2cnc3c(N)ncnc32)O[C@H](CO)[C@@H](O)[C@H]1[Se]. The van der Waals surface area contributed by atoms with Crippen LogP contribution in [0.2, 0.25) is 4.82 Å². The molecule has 117 valence electrons. The average molecular weight is 369 g/mol. The van der Waals surface area contributed by atoms with Crippen LogP contribution in [0.3, 0.4) is 0 Å². The Morgan fingerprint density at radius 3 is 2.91 bits per heavy atom. The molecular formula is C13H16N5O3Se. The number of aromatic nitrogens is 4. The summed E-state index contributed by atoms with van der Waals surface area (Å²) in [6, 6.07) is 0. The van der Waals surface area contributed by atoms with Crippen molar-refractivity contribution in [1.29, 1.82) is 0 Å². The van der Waals surface area contributed by atoms with Gasteiger partial charge in [-0.05, 0) is 0 Å². The third kappa shape index (κ3) is 2.05. The average Bonchev–Trinajstić information content (AvgIpc) is 3.04. The van der Waals surface area contributed by atoms with Gasteiger partial charge in [-0.2, -0.15) is 0 Å². The molecule has 3 heterocycles. The first kappa shape index (κ1) is 15.4. The van der Waals surface area contributed by atoms with E-state index in [2.05, 4.69) is 37.5 Å². The molecule has 1 fully saturated rings. The molecule has 1 saturated heterocycles. The third-order valence-corrected chi connectivity index (χ3v) is 5.24. The number of rotatable bonds is 4. The van der Waals surface area contributed by atoms with E-state index in [1.807, 2.05) is 0 Å². The van der Waals surface area contributed by atoms with Crippen molar-refractivity contribution in [1.82, 2.24) is 19.5 Å². The molecule has 1 radical (unpaired) electrons. The fourth-order valence-corrected chi connectivity index (χ4v) is 3.72. The Bertz CT molecular complexity index is 708. The molecule has 22 heavy (non-hydrogen) atoms. The van der Waals surface area contributed by atoms with Gasteiger partial charge < -0.3 is 0 Å². The number of nitrogens with two attached hydrogens (primary N) is 1. The van der Waals surface area contributed by atoms with Crippen LogP contribution < -0.4 is 5.73 Å². The number of nitrogen functional groups attached to an aromatic ring is 1. The molecule has 1 aliphatic rings. The summed E-state index contributed by atoms with van der Waals surface area (Å²) in [5, 5.41) is 19.7. The molecule has 4 N–H and O–H groups in total. The van der Waals surface area contributed by atoms with Gasteiger partial charge in [0.2, 0.25) is 0 Å². The molecule has 2 aromatic rings. The summed E-state index contributed by atoms with van der Waals surface area (Å²) in [4.78, 5) is 12.0. The molecule has 0 bridgehead atoms. The molecule has 3 rings (SSSR count). The van der Waals surface area contributed by atoms with Crippen molar-refractivity contribution in [2.24, 2.45) is 0 Å². The number of fused-ring (bicyclic) bond motifs is 1. The number of anilines is 1. The second-order valence-corrected chi connectivity index (χ2v) is 6.20. The minimum atomic E-state index is -0.982. The first-order chi connectivity index (χ1) is 10.5.